The molecule has 0 aromatic rings. The molecule has 0 aromatic carbocycles. The average Bonchev–Trinajstić information content (AvgIpc) is 2.65. The smallest absolute Gasteiger partial charge is 0.0231 e. The molecule has 16 heavy (non-hydrogen) atoms. The van der Waals surface area contributed by atoms with Gasteiger partial charge in [0.15, 0.2) is 0 Å². The van der Waals surface area contributed by atoms with Gasteiger partial charge in [-0.25, -0.2) is 0 Å². The van der Waals surface area contributed by atoms with Crippen molar-refractivity contribution >= 4 is 24.4 Å². The summed E-state index contributed by atoms with van der Waals surface area (Å²) in [7, 11) is 0. The molecule has 1 nitrogen and oxygen atoms in total. The van der Waals surface area contributed by atoms with E-state index in [0.29, 0.717) is 10.2 Å². The highest BCUT2D eigenvalue weighted by Gasteiger charge is 2.36. The van der Waals surface area contributed by atoms with E-state index >= 15 is 0 Å². The van der Waals surface area contributed by atoms with Gasteiger partial charge < -0.3 is 4.90 Å². The van der Waals surface area contributed by atoms with Crippen molar-refractivity contribution in [2.24, 2.45) is 5.41 Å². The molecule has 0 atom stereocenters. The lowest BCUT2D eigenvalue weighted by Crippen LogP contribution is -2.47. The largest absolute Gasteiger partial charge is 0.301 e. The molecule has 1 saturated heterocycles. The summed E-state index contributed by atoms with van der Waals surface area (Å²) >= 11 is 6.74. The second kappa shape index (κ2) is 5.11. The zero-order valence-electron chi connectivity index (χ0n) is 10.7. The highest BCUT2D eigenvalue weighted by Crippen LogP contribution is 2.41. The molecule has 0 N–H and O–H groups in total. The number of thioether (sulfide) groups is 1. The zero-order valence-corrected chi connectivity index (χ0v) is 12.4. The van der Waals surface area contributed by atoms with Gasteiger partial charge in [-0.15, -0.1) is 0 Å². The van der Waals surface area contributed by atoms with Crippen LogP contribution in [-0.2, 0) is 0 Å². The van der Waals surface area contributed by atoms with Crippen LogP contribution < -0.4 is 0 Å². The second-order valence-electron chi connectivity index (χ2n) is 6.18. The SMILES string of the molecule is CC1(C)CN(CC2(CS)CCCC2)CCS1. The third-order valence-corrected chi connectivity index (χ3v) is 6.03. The van der Waals surface area contributed by atoms with Gasteiger partial charge in [0, 0.05) is 30.1 Å². The highest BCUT2D eigenvalue weighted by molar-refractivity contribution is 8.00. The Bertz CT molecular complexity index is 234. The van der Waals surface area contributed by atoms with Gasteiger partial charge in [0.1, 0.15) is 0 Å². The Balaban J connectivity index is 1.93. The van der Waals surface area contributed by atoms with Crippen LogP contribution in [0.3, 0.4) is 0 Å². The van der Waals surface area contributed by atoms with Gasteiger partial charge in [-0.05, 0) is 37.9 Å². The number of nitrogens with zero attached hydrogens (tertiary/aromatic N) is 1. The van der Waals surface area contributed by atoms with Crippen molar-refractivity contribution in [3.05, 3.63) is 0 Å². The van der Waals surface area contributed by atoms with Crippen LogP contribution in [0.4, 0.5) is 0 Å². The van der Waals surface area contributed by atoms with Crippen LogP contribution in [0.2, 0.25) is 0 Å². The molecular formula is C13H25NS2. The topological polar surface area (TPSA) is 3.24 Å². The van der Waals surface area contributed by atoms with Gasteiger partial charge in [0.25, 0.3) is 0 Å². The van der Waals surface area contributed by atoms with Crippen molar-refractivity contribution < 1.29 is 0 Å². The van der Waals surface area contributed by atoms with Gasteiger partial charge >= 0.3 is 0 Å². The predicted molar refractivity (Wildman–Crippen MR) is 77.7 cm³/mol. The van der Waals surface area contributed by atoms with Crippen molar-refractivity contribution in [1.29, 1.82) is 0 Å². The van der Waals surface area contributed by atoms with Crippen LogP contribution in [0.1, 0.15) is 39.5 Å². The maximum atomic E-state index is 4.61. The molecule has 0 bridgehead atoms. The fourth-order valence-electron chi connectivity index (χ4n) is 3.21. The molecule has 2 fully saturated rings. The normalized spacial score (nSPS) is 29.4. The van der Waals surface area contributed by atoms with Crippen LogP contribution in [0, 0.1) is 5.41 Å². The Morgan fingerprint density at radius 1 is 1.25 bits per heavy atom. The van der Waals surface area contributed by atoms with Crippen LogP contribution in [0.25, 0.3) is 0 Å². The molecule has 0 radical (unpaired) electrons. The summed E-state index contributed by atoms with van der Waals surface area (Å²) in [5.74, 6) is 2.38. The first-order valence-corrected chi connectivity index (χ1v) is 8.14. The molecular weight excluding hydrogens is 234 g/mol. The van der Waals surface area contributed by atoms with E-state index in [-0.39, 0.29) is 0 Å². The molecule has 1 aliphatic heterocycles. The van der Waals surface area contributed by atoms with Crippen LogP contribution in [0.15, 0.2) is 0 Å². The number of hydrogen-bond acceptors (Lipinski definition) is 3. The molecule has 94 valence electrons. The summed E-state index contributed by atoms with van der Waals surface area (Å²) in [5.41, 5.74) is 0.543. The van der Waals surface area contributed by atoms with E-state index in [9.17, 15) is 0 Å². The summed E-state index contributed by atoms with van der Waals surface area (Å²) in [5, 5.41) is 0. The van der Waals surface area contributed by atoms with Crippen LogP contribution in [-0.4, -0.2) is 40.8 Å². The van der Waals surface area contributed by atoms with Gasteiger partial charge in [-0.1, -0.05) is 12.8 Å². The molecule has 3 heteroatoms. The minimum Gasteiger partial charge on any atom is -0.301 e. The Morgan fingerprint density at radius 2 is 1.94 bits per heavy atom. The van der Waals surface area contributed by atoms with E-state index in [1.165, 1.54) is 51.1 Å². The number of rotatable bonds is 3. The average molecular weight is 259 g/mol. The fraction of sp³-hybridized carbons (Fsp3) is 1.00. The maximum absolute atomic E-state index is 4.61. The summed E-state index contributed by atoms with van der Waals surface area (Å²) in [6, 6.07) is 0. The maximum Gasteiger partial charge on any atom is 0.0231 e. The molecule has 0 unspecified atom stereocenters. The van der Waals surface area contributed by atoms with Crippen LogP contribution in [0.5, 0.6) is 0 Å². The van der Waals surface area contributed by atoms with E-state index in [1.54, 1.807) is 0 Å². The van der Waals surface area contributed by atoms with E-state index < -0.39 is 0 Å². The molecule has 0 amide bonds. The Kier molecular flexibility index (Phi) is 4.19. The van der Waals surface area contributed by atoms with Crippen LogP contribution >= 0.6 is 24.4 Å². The first-order chi connectivity index (χ1) is 7.55. The molecule has 0 aromatic heterocycles. The van der Waals surface area contributed by atoms with E-state index in [0.717, 1.165) is 5.75 Å². The van der Waals surface area contributed by atoms with Gasteiger partial charge in [-0.3, -0.25) is 0 Å². The predicted octanol–water partition coefficient (Wildman–Crippen LogP) is 3.30. The minimum atomic E-state index is 0.453. The third kappa shape index (κ3) is 3.11. The Hall–Kier alpha value is 0.660. The lowest BCUT2D eigenvalue weighted by molar-refractivity contribution is 0.165. The second-order valence-corrected chi connectivity index (χ2v) is 8.30. The lowest BCUT2D eigenvalue weighted by atomic mass is 9.87. The Morgan fingerprint density at radius 3 is 2.50 bits per heavy atom. The van der Waals surface area contributed by atoms with Gasteiger partial charge in [0.2, 0.25) is 0 Å². The van der Waals surface area contributed by atoms with E-state index in [2.05, 4.69) is 43.1 Å². The fourth-order valence-corrected chi connectivity index (χ4v) is 4.81. The summed E-state index contributed by atoms with van der Waals surface area (Å²) < 4.78 is 0.453. The molecule has 2 rings (SSSR count). The van der Waals surface area contributed by atoms with Crippen molar-refractivity contribution in [2.45, 2.75) is 44.3 Å². The van der Waals surface area contributed by atoms with E-state index in [1.807, 2.05) is 0 Å². The standard InChI is InChI=1S/C13H25NS2/c1-12(2)9-14(7-8-16-12)10-13(11-15)5-3-4-6-13/h15H,3-11H2,1-2H3. The van der Waals surface area contributed by atoms with Crippen molar-refractivity contribution in [3.63, 3.8) is 0 Å². The summed E-state index contributed by atoms with van der Waals surface area (Å²) in [6.45, 7) is 8.59. The first kappa shape index (κ1) is 13.1. The first-order valence-electron chi connectivity index (χ1n) is 6.53. The molecule has 1 heterocycles. The van der Waals surface area contributed by atoms with Crippen molar-refractivity contribution in [2.75, 3.05) is 31.1 Å². The number of hydrogen-bond donors (Lipinski definition) is 1. The number of thiol groups is 1. The minimum absolute atomic E-state index is 0.453. The quantitative estimate of drug-likeness (QED) is 0.775. The molecule has 1 aliphatic carbocycles. The van der Waals surface area contributed by atoms with Crippen molar-refractivity contribution in [1.82, 2.24) is 4.90 Å². The molecule has 0 spiro atoms. The molecule has 1 saturated carbocycles. The highest BCUT2D eigenvalue weighted by atomic mass is 32.2. The van der Waals surface area contributed by atoms with Gasteiger partial charge in [-0.2, -0.15) is 24.4 Å². The van der Waals surface area contributed by atoms with Crippen molar-refractivity contribution in [3.8, 4) is 0 Å². The summed E-state index contributed by atoms with van der Waals surface area (Å²) in [6.07, 6.45) is 5.65. The lowest BCUT2D eigenvalue weighted by Gasteiger charge is -2.42. The zero-order chi connectivity index (χ0) is 11.6. The van der Waals surface area contributed by atoms with Gasteiger partial charge in [0.05, 0.1) is 0 Å². The van der Waals surface area contributed by atoms with E-state index in [4.69, 9.17) is 0 Å². The molecule has 2 aliphatic rings. The third-order valence-electron chi connectivity index (χ3n) is 4.06. The Labute approximate surface area is 110 Å². The summed E-state index contributed by atoms with van der Waals surface area (Å²) in [4.78, 5) is 2.69. The monoisotopic (exact) mass is 259 g/mol.